The molecule has 0 aliphatic heterocycles. The first-order valence-corrected chi connectivity index (χ1v) is 7.21. The second kappa shape index (κ2) is 5.80. The quantitative estimate of drug-likeness (QED) is 0.396. The highest BCUT2D eigenvalue weighted by Gasteiger charge is 2.09. The molecule has 3 aromatic carbocycles. The molecule has 3 aromatic rings. The number of rotatable bonds is 3. The lowest BCUT2D eigenvalue weighted by Crippen LogP contribution is -1.88. The average Bonchev–Trinajstić information content (AvgIpc) is 2.54. The molecule has 0 heterocycles. The lowest BCUT2D eigenvalue weighted by atomic mass is 9.91. The van der Waals surface area contributed by atoms with Crippen LogP contribution in [-0.2, 0) is 0 Å². The Morgan fingerprint density at radius 2 is 1.48 bits per heavy atom. The SMILES string of the molecule is C=C/C=C\C(=C/C)c1c2ccccc2cc2ccccc12. The monoisotopic (exact) mass is 270 g/mol. The molecule has 0 radical (unpaired) electrons. The lowest BCUT2D eigenvalue weighted by molar-refractivity contribution is 1.67. The molecule has 102 valence electrons. The van der Waals surface area contributed by atoms with Gasteiger partial charge in [0, 0.05) is 0 Å². The summed E-state index contributed by atoms with van der Waals surface area (Å²) in [4.78, 5) is 0. The molecule has 0 unspecified atom stereocenters. The molecule has 0 nitrogen and oxygen atoms in total. The summed E-state index contributed by atoms with van der Waals surface area (Å²) in [5.41, 5.74) is 2.52. The minimum absolute atomic E-state index is 1.22. The summed E-state index contributed by atoms with van der Waals surface area (Å²) in [6.45, 7) is 5.85. The van der Waals surface area contributed by atoms with Gasteiger partial charge in [-0.05, 0) is 45.7 Å². The number of allylic oxidation sites excluding steroid dienone is 5. The van der Waals surface area contributed by atoms with Crippen molar-refractivity contribution in [1.29, 1.82) is 0 Å². The summed E-state index contributed by atoms with van der Waals surface area (Å²) in [5.74, 6) is 0. The second-order valence-electron chi connectivity index (χ2n) is 5.03. The fourth-order valence-electron chi connectivity index (χ4n) is 2.82. The summed E-state index contributed by atoms with van der Waals surface area (Å²) in [6, 6.07) is 19.4. The minimum Gasteiger partial charge on any atom is -0.0991 e. The standard InChI is InChI=1S/C21H18/c1-3-5-10-16(4-2)21-19-13-8-6-11-17(19)15-18-12-7-9-14-20(18)21/h3-15H,1H2,2H3/b10-5-,16-4+. The lowest BCUT2D eigenvalue weighted by Gasteiger charge is -2.12. The first kappa shape index (κ1) is 13.4. The van der Waals surface area contributed by atoms with Crippen molar-refractivity contribution in [3.05, 3.63) is 91.0 Å². The van der Waals surface area contributed by atoms with Crippen molar-refractivity contribution in [3.63, 3.8) is 0 Å². The van der Waals surface area contributed by atoms with E-state index >= 15 is 0 Å². The van der Waals surface area contributed by atoms with E-state index in [1.165, 1.54) is 32.7 Å². The molecule has 0 aliphatic carbocycles. The highest BCUT2D eigenvalue weighted by atomic mass is 14.1. The summed E-state index contributed by atoms with van der Waals surface area (Å²) in [6.07, 6.45) is 8.10. The zero-order valence-electron chi connectivity index (χ0n) is 12.2. The molecular formula is C21H18. The highest BCUT2D eigenvalue weighted by Crippen LogP contribution is 2.33. The first-order chi connectivity index (χ1) is 10.3. The Labute approximate surface area is 125 Å². The topological polar surface area (TPSA) is 0 Å². The predicted octanol–water partition coefficient (Wildman–Crippen LogP) is 6.14. The van der Waals surface area contributed by atoms with Crippen LogP contribution >= 0.6 is 0 Å². The molecule has 0 heteroatoms. The Kier molecular flexibility index (Phi) is 3.70. The smallest absolute Gasteiger partial charge is 0.00301 e. The highest BCUT2D eigenvalue weighted by molar-refractivity contribution is 6.10. The van der Waals surface area contributed by atoms with Crippen molar-refractivity contribution in [2.24, 2.45) is 0 Å². The maximum absolute atomic E-state index is 3.77. The van der Waals surface area contributed by atoms with Gasteiger partial charge in [0.15, 0.2) is 0 Å². The molecule has 0 aromatic heterocycles. The van der Waals surface area contributed by atoms with Gasteiger partial charge < -0.3 is 0 Å². The van der Waals surface area contributed by atoms with Crippen LogP contribution in [0.2, 0.25) is 0 Å². The van der Waals surface area contributed by atoms with Crippen LogP contribution in [0.1, 0.15) is 12.5 Å². The van der Waals surface area contributed by atoms with Gasteiger partial charge in [-0.25, -0.2) is 0 Å². The van der Waals surface area contributed by atoms with Crippen LogP contribution < -0.4 is 0 Å². The van der Waals surface area contributed by atoms with Crippen molar-refractivity contribution < 1.29 is 0 Å². The summed E-state index contributed by atoms with van der Waals surface area (Å²) < 4.78 is 0. The molecule has 0 atom stereocenters. The Morgan fingerprint density at radius 3 is 2.00 bits per heavy atom. The fraction of sp³-hybridized carbons (Fsp3) is 0.0476. The molecule has 0 bridgehead atoms. The van der Waals surface area contributed by atoms with Gasteiger partial charge in [-0.15, -0.1) is 0 Å². The van der Waals surface area contributed by atoms with Crippen LogP contribution in [-0.4, -0.2) is 0 Å². The van der Waals surface area contributed by atoms with Crippen molar-refractivity contribution in [3.8, 4) is 0 Å². The third-order valence-electron chi connectivity index (χ3n) is 3.78. The van der Waals surface area contributed by atoms with Gasteiger partial charge in [0.1, 0.15) is 0 Å². The van der Waals surface area contributed by atoms with E-state index in [4.69, 9.17) is 0 Å². The van der Waals surface area contributed by atoms with Gasteiger partial charge in [0.2, 0.25) is 0 Å². The molecule has 21 heavy (non-hydrogen) atoms. The number of benzene rings is 3. The zero-order chi connectivity index (χ0) is 14.7. The molecule has 0 saturated heterocycles. The molecule has 0 spiro atoms. The van der Waals surface area contributed by atoms with E-state index in [1.807, 2.05) is 12.2 Å². The Hall–Kier alpha value is -2.60. The maximum Gasteiger partial charge on any atom is -0.00301 e. The summed E-state index contributed by atoms with van der Waals surface area (Å²) in [7, 11) is 0. The summed E-state index contributed by atoms with van der Waals surface area (Å²) >= 11 is 0. The minimum atomic E-state index is 1.22. The fourth-order valence-corrected chi connectivity index (χ4v) is 2.82. The van der Waals surface area contributed by atoms with Crippen LogP contribution in [0.3, 0.4) is 0 Å². The van der Waals surface area contributed by atoms with Gasteiger partial charge in [-0.1, -0.05) is 79.4 Å². The van der Waals surface area contributed by atoms with Crippen molar-refractivity contribution >= 4 is 27.1 Å². The molecular weight excluding hydrogens is 252 g/mol. The van der Waals surface area contributed by atoms with Crippen molar-refractivity contribution in [2.75, 3.05) is 0 Å². The van der Waals surface area contributed by atoms with E-state index in [-0.39, 0.29) is 0 Å². The van der Waals surface area contributed by atoms with Gasteiger partial charge >= 0.3 is 0 Å². The molecule has 0 saturated carbocycles. The molecule has 0 N–H and O–H groups in total. The van der Waals surface area contributed by atoms with Crippen LogP contribution in [0.4, 0.5) is 0 Å². The largest absolute Gasteiger partial charge is 0.0991 e. The number of hydrogen-bond acceptors (Lipinski definition) is 0. The van der Waals surface area contributed by atoms with E-state index in [0.29, 0.717) is 0 Å². The zero-order valence-corrected chi connectivity index (χ0v) is 12.2. The van der Waals surface area contributed by atoms with Crippen LogP contribution in [0.25, 0.3) is 27.1 Å². The Balaban J connectivity index is 2.45. The number of fused-ring (bicyclic) bond motifs is 2. The second-order valence-corrected chi connectivity index (χ2v) is 5.03. The van der Waals surface area contributed by atoms with Gasteiger partial charge in [0.25, 0.3) is 0 Å². The average molecular weight is 270 g/mol. The predicted molar refractivity (Wildman–Crippen MR) is 94.4 cm³/mol. The molecule has 0 amide bonds. The van der Waals surface area contributed by atoms with Crippen LogP contribution in [0, 0.1) is 0 Å². The van der Waals surface area contributed by atoms with Crippen LogP contribution in [0.5, 0.6) is 0 Å². The van der Waals surface area contributed by atoms with E-state index in [9.17, 15) is 0 Å². The third-order valence-corrected chi connectivity index (χ3v) is 3.78. The van der Waals surface area contributed by atoms with E-state index in [2.05, 4.69) is 80.3 Å². The maximum atomic E-state index is 3.77. The van der Waals surface area contributed by atoms with Gasteiger partial charge in [-0.2, -0.15) is 0 Å². The molecule has 3 rings (SSSR count). The van der Waals surface area contributed by atoms with Crippen LogP contribution in [0.15, 0.2) is 85.5 Å². The molecule has 0 aliphatic rings. The van der Waals surface area contributed by atoms with E-state index < -0.39 is 0 Å². The first-order valence-electron chi connectivity index (χ1n) is 7.21. The van der Waals surface area contributed by atoms with E-state index in [0.717, 1.165) is 0 Å². The Bertz CT molecular complexity index is 809. The molecule has 0 fully saturated rings. The summed E-state index contributed by atoms with van der Waals surface area (Å²) in [5, 5.41) is 5.13. The number of hydrogen-bond donors (Lipinski definition) is 0. The third kappa shape index (κ3) is 2.41. The van der Waals surface area contributed by atoms with Gasteiger partial charge in [-0.3, -0.25) is 0 Å². The normalized spacial score (nSPS) is 12.3. The van der Waals surface area contributed by atoms with Crippen molar-refractivity contribution in [1.82, 2.24) is 0 Å². The van der Waals surface area contributed by atoms with Crippen molar-refractivity contribution in [2.45, 2.75) is 6.92 Å². The Morgan fingerprint density at radius 1 is 0.905 bits per heavy atom. The van der Waals surface area contributed by atoms with E-state index in [1.54, 1.807) is 0 Å². The van der Waals surface area contributed by atoms with Gasteiger partial charge in [0.05, 0.1) is 0 Å².